The van der Waals surface area contributed by atoms with Gasteiger partial charge in [-0.25, -0.2) is 5.43 Å². The van der Waals surface area contributed by atoms with Crippen molar-refractivity contribution in [3.05, 3.63) is 95.4 Å². The summed E-state index contributed by atoms with van der Waals surface area (Å²) in [5.41, 5.74) is 14.5. The maximum Gasteiger partial charge on any atom is 0.0969 e. The Bertz CT molecular complexity index is 1520. The zero-order valence-electron chi connectivity index (χ0n) is 30.1. The molecular weight excluding hydrogens is 601 g/mol. The summed E-state index contributed by atoms with van der Waals surface area (Å²) in [6.07, 6.45) is 14.0. The van der Waals surface area contributed by atoms with Crippen molar-refractivity contribution < 1.29 is 9.47 Å². The minimum Gasteiger partial charge on any atom is -0.501 e. The first-order valence-electron chi connectivity index (χ1n) is 17.1. The highest BCUT2D eigenvalue weighted by Crippen LogP contribution is 2.41. The summed E-state index contributed by atoms with van der Waals surface area (Å²) >= 11 is 1.86. The van der Waals surface area contributed by atoms with Crippen LogP contribution in [0.1, 0.15) is 103 Å². The summed E-state index contributed by atoms with van der Waals surface area (Å²) in [6, 6.07) is 11.6. The molecule has 2 N–H and O–H groups in total. The summed E-state index contributed by atoms with van der Waals surface area (Å²) in [4.78, 5) is 6.22. The zero-order chi connectivity index (χ0) is 34.4. The molecule has 2 heterocycles. The van der Waals surface area contributed by atoms with Gasteiger partial charge in [-0.15, -0.1) is 11.8 Å². The zero-order valence-corrected chi connectivity index (χ0v) is 30.9. The van der Waals surface area contributed by atoms with Gasteiger partial charge in [0.05, 0.1) is 30.4 Å². The monoisotopic (exact) mass is 658 g/mol. The molecule has 0 aliphatic heterocycles. The van der Waals surface area contributed by atoms with E-state index in [-0.39, 0.29) is 11.5 Å². The molecule has 256 valence electrons. The number of benzene rings is 1. The SMILES string of the molecule is C=CNNC(C)CCCCC/C(=C/C)S/C=C(\C)c1ccc2c(c1)c(CC(C)(C)COC=C)c(-c1cccnc1C(C)OC)n2CC. The topological polar surface area (TPSA) is 60.3 Å². The molecule has 0 radical (unpaired) electrons. The standard InChI is InChI=1S/C40H58N4O2S/c1-11-33(20-17-15-16-19-30(6)43-42-12-2)47-27-29(5)32-22-23-37-35(25-32)36(26-40(8,9)28-46-14-4)39(44(37)13-3)34-21-18-24-41-38(34)31(7)45-10/h11-12,14,18,21-25,27,30-31,42-43H,2,4,13,15-17,19-20,26,28H2,1,3,5-10H3/b29-27+,33-11-. The minimum absolute atomic E-state index is 0.111. The van der Waals surface area contributed by atoms with Gasteiger partial charge in [0.2, 0.25) is 0 Å². The molecular formula is C40H58N4O2S. The van der Waals surface area contributed by atoms with Gasteiger partial charge in [-0.3, -0.25) is 4.98 Å². The van der Waals surface area contributed by atoms with Gasteiger partial charge < -0.3 is 19.5 Å². The number of ether oxygens (including phenoxy) is 2. The fraction of sp³-hybridized carbons (Fsp3) is 0.475. The van der Waals surface area contributed by atoms with E-state index in [1.807, 2.05) is 24.0 Å². The summed E-state index contributed by atoms with van der Waals surface area (Å²) < 4.78 is 14.0. The van der Waals surface area contributed by atoms with Crippen LogP contribution in [-0.2, 0) is 22.4 Å². The van der Waals surface area contributed by atoms with Gasteiger partial charge in [-0.2, -0.15) is 0 Å². The first kappa shape index (κ1) is 38.2. The molecule has 47 heavy (non-hydrogen) atoms. The van der Waals surface area contributed by atoms with Crippen LogP contribution in [-0.4, -0.2) is 29.3 Å². The van der Waals surface area contributed by atoms with Gasteiger partial charge in [0.25, 0.3) is 0 Å². The van der Waals surface area contributed by atoms with E-state index in [2.05, 4.69) is 113 Å². The number of aryl methyl sites for hydroxylation is 1. The van der Waals surface area contributed by atoms with Crippen LogP contribution in [0, 0.1) is 5.41 Å². The molecule has 0 saturated heterocycles. The smallest absolute Gasteiger partial charge is 0.0969 e. The number of nitrogens with zero attached hydrogens (tertiary/aromatic N) is 2. The van der Waals surface area contributed by atoms with Gasteiger partial charge in [-0.1, -0.05) is 52.0 Å². The third kappa shape index (κ3) is 10.6. The van der Waals surface area contributed by atoms with Crippen LogP contribution in [0.25, 0.3) is 27.7 Å². The summed E-state index contributed by atoms with van der Waals surface area (Å²) in [6.45, 7) is 24.3. The number of methoxy groups -OCH3 is 1. The lowest BCUT2D eigenvalue weighted by atomic mass is 9.84. The molecule has 1 aromatic carbocycles. The molecule has 2 atom stereocenters. The number of unbranched alkanes of at least 4 members (excludes halogenated alkanes) is 2. The number of fused-ring (bicyclic) bond motifs is 1. The molecule has 3 rings (SSSR count). The first-order chi connectivity index (χ1) is 22.6. The maximum absolute atomic E-state index is 5.78. The Kier molecular flexibility index (Phi) is 15.4. The highest BCUT2D eigenvalue weighted by Gasteiger charge is 2.28. The van der Waals surface area contributed by atoms with Crippen LogP contribution in [0.5, 0.6) is 0 Å². The number of hydrogen-bond acceptors (Lipinski definition) is 6. The lowest BCUT2D eigenvalue weighted by molar-refractivity contribution is 0.116. The molecule has 3 aromatic rings. The Hall–Kier alpha value is -3.26. The van der Waals surface area contributed by atoms with Gasteiger partial charge in [0.1, 0.15) is 0 Å². The molecule has 0 aliphatic rings. The Balaban J connectivity index is 1.95. The van der Waals surface area contributed by atoms with E-state index in [4.69, 9.17) is 14.5 Å². The molecule has 7 heteroatoms. The second-order valence-corrected chi connectivity index (χ2v) is 14.1. The van der Waals surface area contributed by atoms with Gasteiger partial charge >= 0.3 is 0 Å². The largest absolute Gasteiger partial charge is 0.501 e. The Labute approximate surface area is 288 Å². The van der Waals surface area contributed by atoms with E-state index in [1.165, 1.54) is 57.5 Å². The molecule has 0 fully saturated rings. The molecule has 0 saturated carbocycles. The van der Waals surface area contributed by atoms with Crippen LogP contribution in [0.3, 0.4) is 0 Å². The van der Waals surface area contributed by atoms with E-state index in [0.29, 0.717) is 12.6 Å². The van der Waals surface area contributed by atoms with Crippen molar-refractivity contribution in [3.63, 3.8) is 0 Å². The van der Waals surface area contributed by atoms with Crippen molar-refractivity contribution in [3.8, 4) is 11.3 Å². The lowest BCUT2D eigenvalue weighted by Gasteiger charge is -2.25. The number of hydrazine groups is 1. The molecule has 0 spiro atoms. The first-order valence-corrected chi connectivity index (χ1v) is 17.9. The van der Waals surface area contributed by atoms with Crippen LogP contribution < -0.4 is 10.9 Å². The normalized spacial score (nSPS) is 13.9. The van der Waals surface area contributed by atoms with Crippen molar-refractivity contribution in [1.29, 1.82) is 0 Å². The number of nitrogens with one attached hydrogen (secondary N) is 2. The number of aromatic nitrogens is 2. The average Bonchev–Trinajstić information content (AvgIpc) is 3.38. The van der Waals surface area contributed by atoms with E-state index < -0.39 is 0 Å². The van der Waals surface area contributed by atoms with Crippen LogP contribution in [0.4, 0.5) is 0 Å². The molecule has 2 unspecified atom stereocenters. The lowest BCUT2D eigenvalue weighted by Crippen LogP contribution is -2.35. The highest BCUT2D eigenvalue weighted by molar-refractivity contribution is 8.06. The minimum atomic E-state index is -0.127. The van der Waals surface area contributed by atoms with E-state index in [9.17, 15) is 0 Å². The predicted molar refractivity (Wildman–Crippen MR) is 204 cm³/mol. The molecule has 6 nitrogen and oxygen atoms in total. The Morgan fingerprint density at radius 1 is 1.15 bits per heavy atom. The van der Waals surface area contributed by atoms with E-state index in [0.717, 1.165) is 37.1 Å². The van der Waals surface area contributed by atoms with E-state index >= 15 is 0 Å². The average molecular weight is 659 g/mol. The Morgan fingerprint density at radius 3 is 2.62 bits per heavy atom. The second-order valence-electron chi connectivity index (χ2n) is 13.1. The maximum atomic E-state index is 5.78. The van der Waals surface area contributed by atoms with Gasteiger partial charge in [-0.05, 0) is 112 Å². The Morgan fingerprint density at radius 2 is 1.94 bits per heavy atom. The number of rotatable bonds is 21. The van der Waals surface area contributed by atoms with E-state index in [1.54, 1.807) is 19.6 Å². The van der Waals surface area contributed by atoms with Gasteiger partial charge in [0, 0.05) is 54.0 Å². The van der Waals surface area contributed by atoms with Crippen LogP contribution in [0.15, 0.2) is 78.5 Å². The highest BCUT2D eigenvalue weighted by atomic mass is 32.2. The fourth-order valence-corrected chi connectivity index (χ4v) is 6.92. The van der Waals surface area contributed by atoms with Crippen molar-refractivity contribution in [2.75, 3.05) is 13.7 Å². The molecule has 0 amide bonds. The molecule has 0 bridgehead atoms. The van der Waals surface area contributed by atoms with Crippen molar-refractivity contribution in [2.24, 2.45) is 5.41 Å². The number of pyridine rings is 1. The number of thioether (sulfide) groups is 1. The third-order valence-electron chi connectivity index (χ3n) is 8.72. The molecule has 0 aliphatic carbocycles. The quantitative estimate of drug-likeness (QED) is 0.0675. The van der Waals surface area contributed by atoms with Crippen molar-refractivity contribution in [2.45, 2.75) is 106 Å². The summed E-state index contributed by atoms with van der Waals surface area (Å²) in [5, 5.41) is 3.60. The fourth-order valence-electron chi connectivity index (χ4n) is 6.06. The number of allylic oxidation sites excluding steroid dienone is 3. The van der Waals surface area contributed by atoms with Gasteiger partial charge in [0.15, 0.2) is 0 Å². The third-order valence-corrected chi connectivity index (χ3v) is 9.93. The number of hydrogen-bond donors (Lipinski definition) is 2. The predicted octanol–water partition coefficient (Wildman–Crippen LogP) is 10.7. The van der Waals surface area contributed by atoms with Crippen LogP contribution >= 0.6 is 11.8 Å². The van der Waals surface area contributed by atoms with Crippen molar-refractivity contribution in [1.82, 2.24) is 20.4 Å². The van der Waals surface area contributed by atoms with Crippen LogP contribution in [0.2, 0.25) is 0 Å². The molecule has 2 aromatic heterocycles. The summed E-state index contributed by atoms with van der Waals surface area (Å²) in [7, 11) is 1.75. The van der Waals surface area contributed by atoms with Crippen molar-refractivity contribution >= 4 is 28.2 Å². The summed E-state index contributed by atoms with van der Waals surface area (Å²) in [5.74, 6) is 0. The second kappa shape index (κ2) is 18.9.